The third-order valence-corrected chi connectivity index (χ3v) is 3.45. The average Bonchev–Trinajstić information content (AvgIpc) is 2.67. The highest BCUT2D eigenvalue weighted by Crippen LogP contribution is 2.26. The fourth-order valence-electron chi connectivity index (χ4n) is 2.50. The van der Waals surface area contributed by atoms with Crippen molar-refractivity contribution < 1.29 is 10.2 Å². The van der Waals surface area contributed by atoms with Crippen LogP contribution in [0.15, 0.2) is 0 Å². The minimum Gasteiger partial charge on any atom is -0.396 e. The Kier molecular flexibility index (Phi) is 6.98. The van der Waals surface area contributed by atoms with Gasteiger partial charge in [-0.05, 0) is 50.6 Å². The first-order chi connectivity index (χ1) is 7.38. The van der Waals surface area contributed by atoms with E-state index < -0.39 is 0 Å². The summed E-state index contributed by atoms with van der Waals surface area (Å²) in [6.45, 7) is 2.95. The second-order valence-corrected chi connectivity index (χ2v) is 4.62. The van der Waals surface area contributed by atoms with Gasteiger partial charge in [0.15, 0.2) is 0 Å². The molecule has 2 atom stereocenters. The molecule has 1 fully saturated rings. The zero-order chi connectivity index (χ0) is 10.9. The molecule has 15 heavy (non-hydrogen) atoms. The molecule has 90 valence electrons. The molecule has 0 aromatic rings. The molecule has 0 radical (unpaired) electrons. The van der Waals surface area contributed by atoms with Gasteiger partial charge in [0.2, 0.25) is 0 Å². The summed E-state index contributed by atoms with van der Waals surface area (Å²) in [5, 5.41) is 20.9. The predicted octanol–water partition coefficient (Wildman–Crippen LogP) is 1.15. The monoisotopic (exact) mass is 215 g/mol. The number of nitrogens with one attached hydrogen (secondary N) is 1. The van der Waals surface area contributed by atoms with Crippen LogP contribution in [0.5, 0.6) is 0 Å². The lowest BCUT2D eigenvalue weighted by Crippen LogP contribution is -2.12. The summed E-state index contributed by atoms with van der Waals surface area (Å²) in [6.07, 6.45) is 6.69. The molecule has 1 saturated heterocycles. The van der Waals surface area contributed by atoms with Gasteiger partial charge in [0.25, 0.3) is 0 Å². The zero-order valence-electron chi connectivity index (χ0n) is 9.62. The molecule has 0 aliphatic carbocycles. The fourth-order valence-corrected chi connectivity index (χ4v) is 2.50. The normalized spacial score (nSPS) is 26.0. The molecule has 0 aromatic carbocycles. The Balaban J connectivity index is 2.11. The van der Waals surface area contributed by atoms with Gasteiger partial charge in [-0.15, -0.1) is 0 Å². The molecule has 3 N–H and O–H groups in total. The summed E-state index contributed by atoms with van der Waals surface area (Å²) in [5.74, 6) is 1.60. The number of hydrogen-bond acceptors (Lipinski definition) is 3. The van der Waals surface area contributed by atoms with E-state index in [9.17, 15) is 0 Å². The summed E-state index contributed by atoms with van der Waals surface area (Å²) in [5.41, 5.74) is 0. The minimum atomic E-state index is 0.329. The highest BCUT2D eigenvalue weighted by atomic mass is 16.3. The van der Waals surface area contributed by atoms with Crippen molar-refractivity contribution in [3.8, 4) is 0 Å². The minimum absolute atomic E-state index is 0.329. The number of aliphatic hydroxyl groups excluding tert-OH is 2. The van der Waals surface area contributed by atoms with E-state index in [0.717, 1.165) is 50.6 Å². The van der Waals surface area contributed by atoms with Gasteiger partial charge >= 0.3 is 0 Å². The zero-order valence-corrected chi connectivity index (χ0v) is 9.62. The van der Waals surface area contributed by atoms with Crippen LogP contribution >= 0.6 is 0 Å². The van der Waals surface area contributed by atoms with E-state index >= 15 is 0 Å². The maximum absolute atomic E-state index is 8.74. The third-order valence-electron chi connectivity index (χ3n) is 3.45. The lowest BCUT2D eigenvalue weighted by atomic mass is 9.87. The van der Waals surface area contributed by atoms with Gasteiger partial charge in [0.05, 0.1) is 0 Å². The van der Waals surface area contributed by atoms with Gasteiger partial charge in [-0.2, -0.15) is 0 Å². The van der Waals surface area contributed by atoms with Crippen molar-refractivity contribution in [1.29, 1.82) is 0 Å². The highest BCUT2D eigenvalue weighted by Gasteiger charge is 2.25. The van der Waals surface area contributed by atoms with Crippen LogP contribution in [0.1, 0.15) is 38.5 Å². The lowest BCUT2D eigenvalue weighted by Gasteiger charge is -2.17. The van der Waals surface area contributed by atoms with Crippen LogP contribution in [0, 0.1) is 11.8 Å². The van der Waals surface area contributed by atoms with Crippen LogP contribution in [0.3, 0.4) is 0 Å². The smallest absolute Gasteiger partial charge is 0.0431 e. The molecular weight excluding hydrogens is 190 g/mol. The molecule has 0 spiro atoms. The van der Waals surface area contributed by atoms with Crippen molar-refractivity contribution in [3.63, 3.8) is 0 Å². The maximum atomic E-state index is 8.74. The Bertz CT molecular complexity index is 137. The van der Waals surface area contributed by atoms with Crippen molar-refractivity contribution >= 4 is 0 Å². The average molecular weight is 215 g/mol. The van der Waals surface area contributed by atoms with Crippen molar-refractivity contribution in [1.82, 2.24) is 5.32 Å². The summed E-state index contributed by atoms with van der Waals surface area (Å²) in [7, 11) is 0. The molecule has 1 heterocycles. The number of hydrogen-bond donors (Lipinski definition) is 3. The Morgan fingerprint density at radius 3 is 1.67 bits per heavy atom. The number of rotatable bonds is 8. The molecule has 1 aliphatic rings. The number of unbranched alkanes of at least 4 members (excludes halogenated alkanes) is 2. The Hall–Kier alpha value is -0.120. The Morgan fingerprint density at radius 2 is 1.27 bits per heavy atom. The van der Waals surface area contributed by atoms with E-state index in [1.54, 1.807) is 0 Å². The lowest BCUT2D eigenvalue weighted by molar-refractivity contribution is 0.261. The van der Waals surface area contributed by atoms with E-state index in [1.807, 2.05) is 0 Å². The van der Waals surface area contributed by atoms with Crippen LogP contribution in [-0.4, -0.2) is 36.5 Å². The fraction of sp³-hybridized carbons (Fsp3) is 1.00. The first kappa shape index (κ1) is 12.9. The van der Waals surface area contributed by atoms with Gasteiger partial charge in [-0.25, -0.2) is 0 Å². The molecule has 2 unspecified atom stereocenters. The quantitative estimate of drug-likeness (QED) is 0.532. The Labute approximate surface area is 92.9 Å². The standard InChI is InChI=1S/C12H25NO2/c14-7-3-1-5-11-9-13-10-12(11)6-2-4-8-15/h11-15H,1-10H2. The summed E-state index contributed by atoms with van der Waals surface area (Å²) in [4.78, 5) is 0. The van der Waals surface area contributed by atoms with Crippen molar-refractivity contribution in [2.24, 2.45) is 11.8 Å². The van der Waals surface area contributed by atoms with Gasteiger partial charge in [0.1, 0.15) is 0 Å². The van der Waals surface area contributed by atoms with E-state index in [1.165, 1.54) is 12.8 Å². The second kappa shape index (κ2) is 8.08. The van der Waals surface area contributed by atoms with E-state index in [-0.39, 0.29) is 0 Å². The van der Waals surface area contributed by atoms with Crippen LogP contribution in [0.4, 0.5) is 0 Å². The van der Waals surface area contributed by atoms with Crippen LogP contribution in [0.25, 0.3) is 0 Å². The summed E-state index contributed by atoms with van der Waals surface area (Å²) < 4.78 is 0. The van der Waals surface area contributed by atoms with Gasteiger partial charge < -0.3 is 15.5 Å². The molecule has 1 aliphatic heterocycles. The predicted molar refractivity (Wildman–Crippen MR) is 61.7 cm³/mol. The second-order valence-electron chi connectivity index (χ2n) is 4.62. The van der Waals surface area contributed by atoms with Gasteiger partial charge in [-0.3, -0.25) is 0 Å². The maximum Gasteiger partial charge on any atom is 0.0431 e. The molecule has 3 nitrogen and oxygen atoms in total. The topological polar surface area (TPSA) is 52.5 Å². The first-order valence-corrected chi connectivity index (χ1v) is 6.31. The van der Waals surface area contributed by atoms with Crippen molar-refractivity contribution in [2.75, 3.05) is 26.3 Å². The van der Waals surface area contributed by atoms with Gasteiger partial charge in [0, 0.05) is 13.2 Å². The largest absolute Gasteiger partial charge is 0.396 e. The van der Waals surface area contributed by atoms with Gasteiger partial charge in [-0.1, -0.05) is 12.8 Å². The summed E-state index contributed by atoms with van der Waals surface area (Å²) >= 11 is 0. The van der Waals surface area contributed by atoms with E-state index in [4.69, 9.17) is 10.2 Å². The molecule has 0 saturated carbocycles. The molecule has 0 bridgehead atoms. The number of aliphatic hydroxyl groups is 2. The molecule has 1 rings (SSSR count). The molecule has 3 heteroatoms. The van der Waals surface area contributed by atoms with E-state index in [2.05, 4.69) is 5.32 Å². The van der Waals surface area contributed by atoms with Crippen LogP contribution in [-0.2, 0) is 0 Å². The first-order valence-electron chi connectivity index (χ1n) is 6.31. The molecule has 0 amide bonds. The SMILES string of the molecule is OCCCCC1CNCC1CCCCO. The van der Waals surface area contributed by atoms with Crippen LogP contribution < -0.4 is 5.32 Å². The van der Waals surface area contributed by atoms with E-state index in [0.29, 0.717) is 13.2 Å². The van der Waals surface area contributed by atoms with Crippen molar-refractivity contribution in [3.05, 3.63) is 0 Å². The molecular formula is C12H25NO2. The Morgan fingerprint density at radius 1 is 0.800 bits per heavy atom. The third kappa shape index (κ3) is 4.96. The highest BCUT2D eigenvalue weighted by molar-refractivity contribution is 4.80. The summed E-state index contributed by atoms with van der Waals surface area (Å²) in [6, 6.07) is 0. The van der Waals surface area contributed by atoms with Crippen LogP contribution in [0.2, 0.25) is 0 Å². The van der Waals surface area contributed by atoms with Crippen molar-refractivity contribution in [2.45, 2.75) is 38.5 Å². The molecule has 0 aromatic heterocycles.